The highest BCUT2D eigenvalue weighted by Gasteiger charge is 2.17. The molecule has 1 N–H and O–H groups in total. The van der Waals surface area contributed by atoms with Gasteiger partial charge in [0.25, 0.3) is 5.91 Å². The zero-order valence-corrected chi connectivity index (χ0v) is 15.2. The predicted octanol–water partition coefficient (Wildman–Crippen LogP) is 3.80. The molecule has 2 aromatic carbocycles. The van der Waals surface area contributed by atoms with Crippen molar-refractivity contribution in [2.45, 2.75) is 33.8 Å². The summed E-state index contributed by atoms with van der Waals surface area (Å²) < 4.78 is 10.5. The van der Waals surface area contributed by atoms with Crippen molar-refractivity contribution >= 4 is 17.6 Å². The van der Waals surface area contributed by atoms with Crippen LogP contribution in [-0.4, -0.2) is 25.1 Å². The van der Waals surface area contributed by atoms with Crippen LogP contribution >= 0.6 is 0 Å². The Morgan fingerprint density at radius 3 is 2.24 bits per heavy atom. The number of hydrogen-bond donors (Lipinski definition) is 1. The van der Waals surface area contributed by atoms with E-state index in [1.54, 1.807) is 25.1 Å². The van der Waals surface area contributed by atoms with Crippen LogP contribution in [0, 0.1) is 20.8 Å². The van der Waals surface area contributed by atoms with E-state index in [2.05, 4.69) is 5.32 Å². The molecule has 0 unspecified atom stereocenters. The summed E-state index contributed by atoms with van der Waals surface area (Å²) in [6.07, 6.45) is -0.678. The first kappa shape index (κ1) is 18.5. The highest BCUT2D eigenvalue weighted by molar-refractivity contribution is 5.97. The van der Waals surface area contributed by atoms with Crippen molar-refractivity contribution in [3.8, 4) is 5.75 Å². The predicted molar refractivity (Wildman–Crippen MR) is 97.2 cm³/mol. The fourth-order valence-corrected chi connectivity index (χ4v) is 2.49. The third kappa shape index (κ3) is 4.83. The Balaban J connectivity index is 2.11. The average Bonchev–Trinajstić information content (AvgIpc) is 2.55. The van der Waals surface area contributed by atoms with Gasteiger partial charge < -0.3 is 14.8 Å². The van der Waals surface area contributed by atoms with E-state index < -0.39 is 12.1 Å². The fourth-order valence-electron chi connectivity index (χ4n) is 2.49. The molecule has 2 rings (SSSR count). The van der Waals surface area contributed by atoms with Crippen molar-refractivity contribution in [1.29, 1.82) is 0 Å². The summed E-state index contributed by atoms with van der Waals surface area (Å²) in [6.45, 7) is 7.50. The van der Waals surface area contributed by atoms with Gasteiger partial charge in [0.2, 0.25) is 0 Å². The highest BCUT2D eigenvalue weighted by atomic mass is 16.5. The van der Waals surface area contributed by atoms with Crippen molar-refractivity contribution in [1.82, 2.24) is 0 Å². The standard InChI is InChI=1S/C20H23NO4/c1-12-8-13(2)10-17(9-12)25-15(4)19(22)21-18-11-16(20(23)24-5)7-6-14(18)3/h6-11,15H,1-5H3,(H,21,22)/t15-/m1/s1. The second-order valence-electron chi connectivity index (χ2n) is 6.09. The SMILES string of the molecule is COC(=O)c1ccc(C)c(NC(=O)[C@@H](C)Oc2cc(C)cc(C)c2)c1. The minimum absolute atomic E-state index is 0.288. The van der Waals surface area contributed by atoms with E-state index in [-0.39, 0.29) is 5.91 Å². The molecular weight excluding hydrogens is 318 g/mol. The maximum absolute atomic E-state index is 12.4. The van der Waals surface area contributed by atoms with E-state index in [1.165, 1.54) is 7.11 Å². The van der Waals surface area contributed by atoms with Gasteiger partial charge in [0.05, 0.1) is 12.7 Å². The molecule has 0 radical (unpaired) electrons. The minimum Gasteiger partial charge on any atom is -0.481 e. The molecule has 0 aliphatic rings. The van der Waals surface area contributed by atoms with Crippen LogP contribution in [0.2, 0.25) is 0 Å². The number of benzene rings is 2. The van der Waals surface area contributed by atoms with E-state index in [9.17, 15) is 9.59 Å². The fraction of sp³-hybridized carbons (Fsp3) is 0.300. The zero-order valence-electron chi connectivity index (χ0n) is 15.2. The molecule has 1 atom stereocenters. The Morgan fingerprint density at radius 2 is 1.64 bits per heavy atom. The molecule has 0 fully saturated rings. The number of hydrogen-bond acceptors (Lipinski definition) is 4. The van der Waals surface area contributed by atoms with Gasteiger partial charge in [0.1, 0.15) is 5.75 Å². The molecular formula is C20H23NO4. The van der Waals surface area contributed by atoms with E-state index in [0.717, 1.165) is 16.7 Å². The first-order valence-electron chi connectivity index (χ1n) is 8.05. The van der Waals surface area contributed by atoms with E-state index in [4.69, 9.17) is 9.47 Å². The largest absolute Gasteiger partial charge is 0.481 e. The Bertz CT molecular complexity index is 778. The summed E-state index contributed by atoms with van der Waals surface area (Å²) in [6, 6.07) is 10.8. The van der Waals surface area contributed by atoms with Gasteiger partial charge >= 0.3 is 5.97 Å². The topological polar surface area (TPSA) is 64.6 Å². The molecule has 1 amide bonds. The maximum Gasteiger partial charge on any atom is 0.337 e. The van der Waals surface area contributed by atoms with Gasteiger partial charge in [-0.1, -0.05) is 12.1 Å². The van der Waals surface area contributed by atoms with Gasteiger partial charge in [-0.25, -0.2) is 4.79 Å². The molecule has 5 nitrogen and oxygen atoms in total. The second-order valence-corrected chi connectivity index (χ2v) is 6.09. The number of amides is 1. The quantitative estimate of drug-likeness (QED) is 0.840. The monoisotopic (exact) mass is 341 g/mol. The van der Waals surface area contributed by atoms with Crippen molar-refractivity contribution in [2.75, 3.05) is 12.4 Å². The van der Waals surface area contributed by atoms with Crippen LogP contribution in [0.5, 0.6) is 5.75 Å². The van der Waals surface area contributed by atoms with E-state index in [1.807, 2.05) is 39.0 Å². The van der Waals surface area contributed by atoms with Crippen LogP contribution in [0.4, 0.5) is 5.69 Å². The highest BCUT2D eigenvalue weighted by Crippen LogP contribution is 2.20. The summed E-state index contributed by atoms with van der Waals surface area (Å²) in [4.78, 5) is 24.1. The number of esters is 1. The molecule has 5 heteroatoms. The van der Waals surface area contributed by atoms with Crippen LogP contribution in [0.25, 0.3) is 0 Å². The number of rotatable bonds is 5. The van der Waals surface area contributed by atoms with Crippen LogP contribution in [-0.2, 0) is 9.53 Å². The molecule has 2 aromatic rings. The molecule has 0 aliphatic heterocycles. The normalized spacial score (nSPS) is 11.6. The summed E-state index contributed by atoms with van der Waals surface area (Å²) in [5, 5.41) is 2.81. The molecule has 0 aromatic heterocycles. The molecule has 0 bridgehead atoms. The number of anilines is 1. The van der Waals surface area contributed by atoms with Gasteiger partial charge in [0, 0.05) is 5.69 Å². The zero-order chi connectivity index (χ0) is 18.6. The lowest BCUT2D eigenvalue weighted by molar-refractivity contribution is -0.122. The molecule has 25 heavy (non-hydrogen) atoms. The second kappa shape index (κ2) is 7.83. The Kier molecular flexibility index (Phi) is 5.80. The Morgan fingerprint density at radius 1 is 1.00 bits per heavy atom. The third-order valence-electron chi connectivity index (χ3n) is 3.79. The number of carbonyl (C=O) groups excluding carboxylic acids is 2. The van der Waals surface area contributed by atoms with Crippen LogP contribution < -0.4 is 10.1 Å². The molecule has 0 heterocycles. The molecule has 0 spiro atoms. The smallest absolute Gasteiger partial charge is 0.337 e. The van der Waals surface area contributed by atoms with Gasteiger partial charge in [0.15, 0.2) is 6.10 Å². The van der Waals surface area contributed by atoms with Gasteiger partial charge in [-0.3, -0.25) is 4.79 Å². The van der Waals surface area contributed by atoms with Crippen molar-refractivity contribution in [2.24, 2.45) is 0 Å². The summed E-state index contributed by atoms with van der Waals surface area (Å²) in [7, 11) is 1.32. The maximum atomic E-state index is 12.4. The first-order chi connectivity index (χ1) is 11.8. The number of aryl methyl sites for hydroxylation is 3. The number of methoxy groups -OCH3 is 1. The van der Waals surface area contributed by atoms with Crippen molar-refractivity contribution in [3.63, 3.8) is 0 Å². The van der Waals surface area contributed by atoms with Crippen molar-refractivity contribution < 1.29 is 19.1 Å². The van der Waals surface area contributed by atoms with Gasteiger partial charge in [-0.15, -0.1) is 0 Å². The molecule has 0 saturated carbocycles. The summed E-state index contributed by atoms with van der Waals surface area (Å²) in [5.74, 6) is -0.0838. The summed E-state index contributed by atoms with van der Waals surface area (Å²) in [5.41, 5.74) is 3.93. The summed E-state index contributed by atoms with van der Waals surface area (Å²) >= 11 is 0. The number of nitrogens with one attached hydrogen (secondary N) is 1. The first-order valence-corrected chi connectivity index (χ1v) is 8.05. The van der Waals surface area contributed by atoms with Crippen LogP contribution in [0.3, 0.4) is 0 Å². The Labute approximate surface area is 148 Å². The molecule has 0 saturated heterocycles. The Hall–Kier alpha value is -2.82. The average molecular weight is 341 g/mol. The number of carbonyl (C=O) groups is 2. The van der Waals surface area contributed by atoms with E-state index >= 15 is 0 Å². The lowest BCUT2D eigenvalue weighted by Crippen LogP contribution is -2.30. The molecule has 132 valence electrons. The van der Waals surface area contributed by atoms with E-state index in [0.29, 0.717) is 17.0 Å². The number of ether oxygens (including phenoxy) is 2. The lowest BCUT2D eigenvalue weighted by Gasteiger charge is -2.17. The van der Waals surface area contributed by atoms with Crippen LogP contribution in [0.15, 0.2) is 36.4 Å². The third-order valence-corrected chi connectivity index (χ3v) is 3.79. The molecule has 0 aliphatic carbocycles. The van der Waals surface area contributed by atoms with Crippen molar-refractivity contribution in [3.05, 3.63) is 58.7 Å². The van der Waals surface area contributed by atoms with Crippen LogP contribution in [0.1, 0.15) is 34.0 Å². The van der Waals surface area contributed by atoms with Gasteiger partial charge in [-0.05, 0) is 68.7 Å². The minimum atomic E-state index is -0.678. The lowest BCUT2D eigenvalue weighted by atomic mass is 10.1. The van der Waals surface area contributed by atoms with Gasteiger partial charge in [-0.2, -0.15) is 0 Å².